The van der Waals surface area contributed by atoms with Crippen LogP contribution in [-0.4, -0.2) is 28.8 Å². The van der Waals surface area contributed by atoms with E-state index in [0.29, 0.717) is 6.07 Å². The molecule has 0 heterocycles. The van der Waals surface area contributed by atoms with Gasteiger partial charge in [-0.2, -0.15) is 4.39 Å². The van der Waals surface area contributed by atoms with Gasteiger partial charge >= 0.3 is 0 Å². The highest BCUT2D eigenvalue weighted by Crippen LogP contribution is 2.35. The van der Waals surface area contributed by atoms with Gasteiger partial charge in [0.25, 0.3) is 10.0 Å². The molecule has 0 unspecified atom stereocenters. The summed E-state index contributed by atoms with van der Waals surface area (Å²) in [6.45, 7) is -2.21. The Kier molecular flexibility index (Phi) is 6.08. The van der Waals surface area contributed by atoms with Crippen LogP contribution in [0.4, 0.5) is 32.0 Å². The predicted octanol–water partition coefficient (Wildman–Crippen LogP) is 3.54. The highest BCUT2D eigenvalue weighted by molar-refractivity contribution is 7.92. The van der Waals surface area contributed by atoms with E-state index in [1.54, 1.807) is 4.72 Å². The average Bonchev–Trinajstić information content (AvgIpc) is 2.61. The fourth-order valence-electron chi connectivity index (χ4n) is 2.04. The van der Waals surface area contributed by atoms with Gasteiger partial charge in [0.05, 0.1) is 12.8 Å². The summed E-state index contributed by atoms with van der Waals surface area (Å²) in [7, 11) is -3.98. The first-order valence-electron chi connectivity index (χ1n) is 7.05. The molecule has 12 heteroatoms. The molecular formula is C15H11F6NO4S. The lowest BCUT2D eigenvalue weighted by Crippen LogP contribution is -2.19. The lowest BCUT2D eigenvalue weighted by atomic mass is 10.3. The van der Waals surface area contributed by atoms with Crippen molar-refractivity contribution in [3.63, 3.8) is 0 Å². The Hall–Kier alpha value is -2.63. The van der Waals surface area contributed by atoms with Crippen molar-refractivity contribution < 1.29 is 44.2 Å². The monoisotopic (exact) mass is 415 g/mol. The van der Waals surface area contributed by atoms with Gasteiger partial charge in [0.15, 0.2) is 33.8 Å². The van der Waals surface area contributed by atoms with Crippen LogP contribution in [0.2, 0.25) is 0 Å². The number of hydrogen-bond acceptors (Lipinski definition) is 4. The lowest BCUT2D eigenvalue weighted by molar-refractivity contribution is 0.244. The smallest absolute Gasteiger partial charge is 0.268 e. The third kappa shape index (κ3) is 4.04. The molecule has 2 rings (SSSR count). The number of nitrogens with one attached hydrogen (secondary N) is 1. The zero-order valence-corrected chi connectivity index (χ0v) is 14.3. The quantitative estimate of drug-likeness (QED) is 0.427. The molecule has 2 aromatic carbocycles. The van der Waals surface area contributed by atoms with E-state index in [9.17, 15) is 34.8 Å². The molecule has 0 radical (unpaired) electrons. The number of hydrogen-bond donors (Lipinski definition) is 1. The highest BCUT2D eigenvalue weighted by Gasteiger charge is 2.34. The van der Waals surface area contributed by atoms with Gasteiger partial charge in [-0.3, -0.25) is 4.72 Å². The standard InChI is InChI=1S/C15H11F6NO4S/c1-25-9-3-2-7(6-8(9)17)22-27(23,24)15-13(21)11(19)10(18)12(20)14(15)26-5-4-16/h2-3,6,22H,4-5H2,1H3. The van der Waals surface area contributed by atoms with Crippen LogP contribution in [-0.2, 0) is 10.0 Å². The topological polar surface area (TPSA) is 64.6 Å². The van der Waals surface area contributed by atoms with Gasteiger partial charge < -0.3 is 9.47 Å². The van der Waals surface area contributed by atoms with Crippen LogP contribution in [0, 0.1) is 29.1 Å². The average molecular weight is 415 g/mol. The number of anilines is 1. The molecule has 0 atom stereocenters. The number of methoxy groups -OCH3 is 1. The maximum Gasteiger partial charge on any atom is 0.268 e. The Morgan fingerprint density at radius 2 is 1.63 bits per heavy atom. The third-order valence-electron chi connectivity index (χ3n) is 3.18. The fourth-order valence-corrected chi connectivity index (χ4v) is 3.29. The largest absolute Gasteiger partial charge is 0.494 e. The van der Waals surface area contributed by atoms with E-state index < -0.39 is 68.7 Å². The molecule has 0 bridgehead atoms. The molecule has 0 aliphatic heterocycles. The normalized spacial score (nSPS) is 11.4. The minimum absolute atomic E-state index is 0.241. The Morgan fingerprint density at radius 1 is 1.00 bits per heavy atom. The summed E-state index contributed by atoms with van der Waals surface area (Å²) in [4.78, 5) is -1.73. The van der Waals surface area contributed by atoms with Crippen LogP contribution >= 0.6 is 0 Å². The summed E-state index contributed by atoms with van der Waals surface area (Å²) in [5.41, 5.74) is -0.464. The minimum Gasteiger partial charge on any atom is -0.494 e. The van der Waals surface area contributed by atoms with Gasteiger partial charge in [0.2, 0.25) is 11.6 Å². The predicted molar refractivity (Wildman–Crippen MR) is 81.5 cm³/mol. The fraction of sp³-hybridized carbons (Fsp3) is 0.200. The van der Waals surface area contributed by atoms with E-state index in [1.807, 2.05) is 0 Å². The van der Waals surface area contributed by atoms with E-state index in [-0.39, 0.29) is 5.75 Å². The molecule has 0 aromatic heterocycles. The first kappa shape index (κ1) is 20.7. The second kappa shape index (κ2) is 7.94. The summed E-state index contributed by atoms with van der Waals surface area (Å²) < 4.78 is 116. The summed E-state index contributed by atoms with van der Waals surface area (Å²) in [5.74, 6) is -12.0. The Labute approximate surface area is 149 Å². The third-order valence-corrected chi connectivity index (χ3v) is 4.59. The summed E-state index contributed by atoms with van der Waals surface area (Å²) in [5, 5.41) is 0. The van der Waals surface area contributed by atoms with E-state index in [1.165, 1.54) is 0 Å². The summed E-state index contributed by atoms with van der Waals surface area (Å²) in [6, 6.07) is 2.68. The first-order valence-corrected chi connectivity index (χ1v) is 8.53. The van der Waals surface area contributed by atoms with Gasteiger partial charge in [-0.05, 0) is 12.1 Å². The number of sulfonamides is 1. The minimum atomic E-state index is -5.13. The molecule has 0 aliphatic rings. The Morgan fingerprint density at radius 3 is 2.19 bits per heavy atom. The molecule has 0 spiro atoms. The van der Waals surface area contributed by atoms with Crippen LogP contribution in [0.1, 0.15) is 0 Å². The number of benzene rings is 2. The van der Waals surface area contributed by atoms with E-state index in [4.69, 9.17) is 0 Å². The summed E-state index contributed by atoms with van der Waals surface area (Å²) in [6.07, 6.45) is 0. The zero-order chi connectivity index (χ0) is 20.4. The van der Waals surface area contributed by atoms with Gasteiger partial charge in [-0.15, -0.1) is 0 Å². The molecule has 1 N–H and O–H groups in total. The highest BCUT2D eigenvalue weighted by atomic mass is 32.2. The molecule has 0 saturated carbocycles. The molecule has 148 valence electrons. The molecule has 0 fully saturated rings. The van der Waals surface area contributed by atoms with Gasteiger partial charge in [-0.1, -0.05) is 0 Å². The zero-order valence-electron chi connectivity index (χ0n) is 13.5. The number of rotatable bonds is 7. The second-order valence-corrected chi connectivity index (χ2v) is 6.53. The van der Waals surface area contributed by atoms with Crippen molar-refractivity contribution >= 4 is 15.7 Å². The van der Waals surface area contributed by atoms with Crippen LogP contribution in [0.5, 0.6) is 11.5 Å². The first-order chi connectivity index (χ1) is 12.6. The van der Waals surface area contributed by atoms with Crippen molar-refractivity contribution in [2.24, 2.45) is 0 Å². The van der Waals surface area contributed by atoms with Gasteiger partial charge in [0, 0.05) is 6.07 Å². The second-order valence-electron chi connectivity index (χ2n) is 4.91. The number of alkyl halides is 1. The van der Waals surface area contributed by atoms with Crippen LogP contribution in [0.15, 0.2) is 23.1 Å². The molecule has 27 heavy (non-hydrogen) atoms. The van der Waals surface area contributed by atoms with Crippen LogP contribution in [0.25, 0.3) is 0 Å². The molecule has 0 amide bonds. The van der Waals surface area contributed by atoms with Crippen LogP contribution in [0.3, 0.4) is 0 Å². The molecule has 5 nitrogen and oxygen atoms in total. The Balaban J connectivity index is 2.59. The van der Waals surface area contributed by atoms with Crippen LogP contribution < -0.4 is 14.2 Å². The van der Waals surface area contributed by atoms with Gasteiger partial charge in [0.1, 0.15) is 13.3 Å². The SMILES string of the molecule is COc1ccc(NS(=O)(=O)c2c(F)c(F)c(F)c(F)c2OCCF)cc1F. The van der Waals surface area contributed by atoms with Gasteiger partial charge in [-0.25, -0.2) is 30.4 Å². The molecule has 2 aromatic rings. The lowest BCUT2D eigenvalue weighted by Gasteiger charge is -2.15. The molecule has 0 saturated heterocycles. The summed E-state index contributed by atoms with van der Waals surface area (Å²) >= 11 is 0. The van der Waals surface area contributed by atoms with E-state index >= 15 is 0 Å². The molecular weight excluding hydrogens is 404 g/mol. The van der Waals surface area contributed by atoms with E-state index in [2.05, 4.69) is 9.47 Å². The van der Waals surface area contributed by atoms with Crippen molar-refractivity contribution in [3.8, 4) is 11.5 Å². The maximum absolute atomic E-state index is 14.1. The Bertz CT molecular complexity index is 968. The van der Waals surface area contributed by atoms with Crippen molar-refractivity contribution in [1.82, 2.24) is 0 Å². The van der Waals surface area contributed by atoms with E-state index in [0.717, 1.165) is 19.2 Å². The van der Waals surface area contributed by atoms with Crippen molar-refractivity contribution in [1.29, 1.82) is 0 Å². The number of halogens is 6. The number of ether oxygens (including phenoxy) is 2. The molecule has 0 aliphatic carbocycles. The maximum atomic E-state index is 14.1. The van der Waals surface area contributed by atoms with Crippen molar-refractivity contribution in [2.75, 3.05) is 25.1 Å². The van der Waals surface area contributed by atoms with Crippen molar-refractivity contribution in [2.45, 2.75) is 4.90 Å². The van der Waals surface area contributed by atoms with Crippen molar-refractivity contribution in [3.05, 3.63) is 47.3 Å².